The molecule has 3 aromatic carbocycles. The molecule has 0 saturated heterocycles. The van der Waals surface area contributed by atoms with Crippen molar-refractivity contribution < 1.29 is 9.59 Å². The van der Waals surface area contributed by atoms with E-state index in [-0.39, 0.29) is 11.8 Å². The lowest BCUT2D eigenvalue weighted by atomic mass is 10.1. The van der Waals surface area contributed by atoms with Gasteiger partial charge >= 0.3 is 0 Å². The quantitative estimate of drug-likeness (QED) is 0.558. The Balaban J connectivity index is 1.77. The molecule has 0 aliphatic rings. The average Bonchev–Trinajstić information content (AvgIpc) is 2.78. The van der Waals surface area contributed by atoms with Gasteiger partial charge in [0.15, 0.2) is 0 Å². The highest BCUT2D eigenvalue weighted by Crippen LogP contribution is 2.22. The Hall–Kier alpha value is -3.44. The van der Waals surface area contributed by atoms with Crippen LogP contribution in [0.5, 0.6) is 0 Å². The Bertz CT molecular complexity index is 1030. The molecule has 0 unspecified atom stereocenters. The zero-order chi connectivity index (χ0) is 22.9. The van der Waals surface area contributed by atoms with E-state index >= 15 is 0 Å². The molecule has 3 aromatic rings. The van der Waals surface area contributed by atoms with Crippen LogP contribution >= 0.6 is 0 Å². The molecule has 0 bridgehead atoms. The van der Waals surface area contributed by atoms with E-state index in [0.717, 1.165) is 28.9 Å². The zero-order valence-electron chi connectivity index (χ0n) is 19.0. The van der Waals surface area contributed by atoms with Crippen molar-refractivity contribution in [3.05, 3.63) is 101 Å². The third kappa shape index (κ3) is 6.79. The smallest absolute Gasteiger partial charge is 0.258 e. The lowest BCUT2D eigenvalue weighted by Crippen LogP contribution is -2.32. The first-order chi connectivity index (χ1) is 15.4. The van der Waals surface area contributed by atoms with Crippen LogP contribution in [0.4, 0.5) is 5.69 Å². The van der Waals surface area contributed by atoms with E-state index in [2.05, 4.69) is 11.4 Å². The molecule has 1 N–H and O–H groups in total. The van der Waals surface area contributed by atoms with Crippen molar-refractivity contribution >= 4 is 17.5 Å². The molecule has 0 fully saturated rings. The van der Waals surface area contributed by atoms with Crippen molar-refractivity contribution in [3.8, 4) is 0 Å². The summed E-state index contributed by atoms with van der Waals surface area (Å²) >= 11 is 0. The normalized spacial score (nSPS) is 10.8. The molecule has 0 aliphatic heterocycles. The van der Waals surface area contributed by atoms with Crippen molar-refractivity contribution in [2.24, 2.45) is 0 Å². The largest absolute Gasteiger partial charge is 0.355 e. The standard InChI is InChI=1S/C27H31N3O2/c1-21-8-7-9-23(18-21)20-30(27(32)24-10-5-4-6-11-24)25-14-12-22(13-15-25)19-26(31)28-16-17-29(2)3/h4-15,18H,16-17,19-20H2,1-3H3,(H,28,31). The van der Waals surface area contributed by atoms with E-state index in [1.807, 2.05) is 98.7 Å². The number of hydrogen-bond acceptors (Lipinski definition) is 3. The number of hydrogen-bond donors (Lipinski definition) is 1. The van der Waals surface area contributed by atoms with Gasteiger partial charge in [-0.15, -0.1) is 0 Å². The monoisotopic (exact) mass is 429 g/mol. The van der Waals surface area contributed by atoms with Gasteiger partial charge in [-0.3, -0.25) is 9.59 Å². The van der Waals surface area contributed by atoms with Crippen molar-refractivity contribution in [2.45, 2.75) is 19.9 Å². The maximum atomic E-state index is 13.3. The lowest BCUT2D eigenvalue weighted by Gasteiger charge is -2.24. The number of amides is 2. The summed E-state index contributed by atoms with van der Waals surface area (Å²) in [6, 6.07) is 25.2. The first-order valence-electron chi connectivity index (χ1n) is 10.8. The van der Waals surface area contributed by atoms with E-state index in [0.29, 0.717) is 25.1 Å². The molecule has 0 aliphatic carbocycles. The molecule has 0 saturated carbocycles. The highest BCUT2D eigenvalue weighted by atomic mass is 16.2. The third-order valence-electron chi connectivity index (χ3n) is 5.18. The maximum Gasteiger partial charge on any atom is 0.258 e. The molecule has 0 atom stereocenters. The van der Waals surface area contributed by atoms with Crippen LogP contribution in [0.3, 0.4) is 0 Å². The second-order valence-electron chi connectivity index (χ2n) is 8.24. The second-order valence-corrected chi connectivity index (χ2v) is 8.24. The SMILES string of the molecule is Cc1cccc(CN(C(=O)c2ccccc2)c2ccc(CC(=O)NCCN(C)C)cc2)c1. The number of likely N-dealkylation sites (N-methyl/N-ethyl adjacent to an activating group) is 1. The Morgan fingerprint density at radius 2 is 1.56 bits per heavy atom. The fourth-order valence-corrected chi connectivity index (χ4v) is 3.47. The molecular weight excluding hydrogens is 398 g/mol. The van der Waals surface area contributed by atoms with Crippen molar-refractivity contribution in [3.63, 3.8) is 0 Å². The van der Waals surface area contributed by atoms with Gasteiger partial charge in [0.1, 0.15) is 0 Å². The summed E-state index contributed by atoms with van der Waals surface area (Å²) in [4.78, 5) is 29.3. The summed E-state index contributed by atoms with van der Waals surface area (Å²) in [6.45, 7) is 3.95. The Kier molecular flexibility index (Phi) is 8.17. The predicted octanol–water partition coefficient (Wildman–Crippen LogP) is 4.06. The highest BCUT2D eigenvalue weighted by molar-refractivity contribution is 6.06. The van der Waals surface area contributed by atoms with Crippen molar-refractivity contribution in [2.75, 3.05) is 32.1 Å². The van der Waals surface area contributed by atoms with Crippen molar-refractivity contribution in [1.82, 2.24) is 10.2 Å². The minimum atomic E-state index is -0.0544. The zero-order valence-corrected chi connectivity index (χ0v) is 19.0. The van der Waals surface area contributed by atoms with Gasteiger partial charge < -0.3 is 15.1 Å². The number of rotatable bonds is 9. The van der Waals surface area contributed by atoms with Gasteiger partial charge in [-0.1, -0.05) is 60.2 Å². The molecule has 0 radical (unpaired) electrons. The number of carbonyl (C=O) groups excluding carboxylic acids is 2. The summed E-state index contributed by atoms with van der Waals surface area (Å²) < 4.78 is 0. The van der Waals surface area contributed by atoms with Gasteiger partial charge in [0, 0.05) is 24.3 Å². The number of nitrogens with zero attached hydrogens (tertiary/aromatic N) is 2. The van der Waals surface area contributed by atoms with E-state index < -0.39 is 0 Å². The summed E-state index contributed by atoms with van der Waals surface area (Å²) in [5, 5.41) is 2.93. The number of benzene rings is 3. The minimum absolute atomic E-state index is 0.00317. The van der Waals surface area contributed by atoms with Crippen LogP contribution in [-0.2, 0) is 17.8 Å². The fraction of sp³-hybridized carbons (Fsp3) is 0.259. The first-order valence-corrected chi connectivity index (χ1v) is 10.8. The average molecular weight is 430 g/mol. The van der Waals surface area contributed by atoms with E-state index in [1.54, 1.807) is 4.90 Å². The summed E-state index contributed by atoms with van der Waals surface area (Å²) in [5.41, 5.74) is 4.59. The van der Waals surface area contributed by atoms with Gasteiger partial charge in [-0.2, -0.15) is 0 Å². The molecule has 0 aromatic heterocycles. The third-order valence-corrected chi connectivity index (χ3v) is 5.18. The van der Waals surface area contributed by atoms with Gasteiger partial charge in [0.25, 0.3) is 5.91 Å². The van der Waals surface area contributed by atoms with E-state index in [4.69, 9.17) is 0 Å². The fourth-order valence-electron chi connectivity index (χ4n) is 3.47. The number of aryl methyl sites for hydroxylation is 1. The predicted molar refractivity (Wildman–Crippen MR) is 130 cm³/mol. The van der Waals surface area contributed by atoms with Crippen LogP contribution in [-0.4, -0.2) is 43.9 Å². The molecule has 32 heavy (non-hydrogen) atoms. The summed E-state index contributed by atoms with van der Waals surface area (Å²) in [6.07, 6.45) is 0.318. The summed E-state index contributed by atoms with van der Waals surface area (Å²) in [7, 11) is 3.95. The topological polar surface area (TPSA) is 52.7 Å². The van der Waals surface area contributed by atoms with Gasteiger partial charge in [0.2, 0.25) is 5.91 Å². The highest BCUT2D eigenvalue weighted by Gasteiger charge is 2.18. The lowest BCUT2D eigenvalue weighted by molar-refractivity contribution is -0.120. The van der Waals surface area contributed by atoms with Crippen LogP contribution in [0.25, 0.3) is 0 Å². The van der Waals surface area contributed by atoms with Crippen LogP contribution in [0, 0.1) is 6.92 Å². The van der Waals surface area contributed by atoms with Crippen LogP contribution in [0.2, 0.25) is 0 Å². The minimum Gasteiger partial charge on any atom is -0.355 e. The molecule has 5 heteroatoms. The van der Waals surface area contributed by atoms with Crippen molar-refractivity contribution in [1.29, 1.82) is 0 Å². The first kappa shape index (κ1) is 23.2. The Morgan fingerprint density at radius 3 is 2.22 bits per heavy atom. The molecule has 0 spiro atoms. The maximum absolute atomic E-state index is 13.3. The van der Waals surface area contributed by atoms with E-state index in [9.17, 15) is 9.59 Å². The number of anilines is 1. The summed E-state index contributed by atoms with van der Waals surface area (Å²) in [5.74, 6) is -0.0575. The number of nitrogens with one attached hydrogen (secondary N) is 1. The van der Waals surface area contributed by atoms with Gasteiger partial charge in [-0.25, -0.2) is 0 Å². The second kappa shape index (κ2) is 11.3. The van der Waals surface area contributed by atoms with E-state index in [1.165, 1.54) is 0 Å². The van der Waals surface area contributed by atoms with Crippen LogP contribution < -0.4 is 10.2 Å². The molecule has 5 nitrogen and oxygen atoms in total. The molecule has 0 heterocycles. The Morgan fingerprint density at radius 1 is 0.844 bits per heavy atom. The van der Waals surface area contributed by atoms with Gasteiger partial charge in [-0.05, 0) is 56.4 Å². The molecular formula is C27H31N3O2. The van der Waals surface area contributed by atoms with Crippen LogP contribution in [0.1, 0.15) is 27.0 Å². The molecule has 3 rings (SSSR count). The van der Waals surface area contributed by atoms with Gasteiger partial charge in [0.05, 0.1) is 13.0 Å². The molecule has 166 valence electrons. The number of carbonyl (C=O) groups is 2. The van der Waals surface area contributed by atoms with Crippen LogP contribution in [0.15, 0.2) is 78.9 Å². The molecule has 2 amide bonds. The Labute approximate surface area is 190 Å².